The summed E-state index contributed by atoms with van der Waals surface area (Å²) in [6.07, 6.45) is 4.25. The predicted octanol–water partition coefficient (Wildman–Crippen LogP) is 2.72. The van der Waals surface area contributed by atoms with Crippen LogP contribution in [0, 0.1) is 19.8 Å². The molecular weight excluding hydrogens is 276 g/mol. The van der Waals surface area contributed by atoms with E-state index in [0.717, 1.165) is 37.2 Å². The zero-order chi connectivity index (χ0) is 15.9. The first-order chi connectivity index (χ1) is 10.5. The van der Waals surface area contributed by atoms with E-state index in [-0.39, 0.29) is 11.9 Å². The number of Topliss-reactive ketones (excluding diaryl/α,β-unsaturated/α-hetero) is 1. The quantitative estimate of drug-likeness (QED) is 0.851. The normalized spacial score (nSPS) is 22.0. The number of nitrogens with zero attached hydrogens (tertiary/aromatic N) is 2. The largest absolute Gasteiger partial charge is 0.393 e. The Hall–Kier alpha value is -1.13. The van der Waals surface area contributed by atoms with Crippen LogP contribution in [0.1, 0.15) is 60.4 Å². The first-order valence-electron chi connectivity index (χ1n) is 8.59. The molecule has 1 aromatic rings. The molecule has 1 aromatic heterocycles. The summed E-state index contributed by atoms with van der Waals surface area (Å²) in [4.78, 5) is 14.9. The highest BCUT2D eigenvalue weighted by Crippen LogP contribution is 2.38. The molecule has 0 amide bonds. The van der Waals surface area contributed by atoms with Crippen LogP contribution in [0.15, 0.2) is 6.07 Å². The molecule has 1 aliphatic heterocycles. The van der Waals surface area contributed by atoms with Gasteiger partial charge in [0.05, 0.1) is 12.6 Å². The molecule has 0 radical (unpaired) electrons. The maximum atomic E-state index is 12.7. The molecular formula is C18H28N2O2. The molecule has 0 bridgehead atoms. The molecule has 4 heteroatoms. The number of ketones is 1. The molecule has 1 saturated carbocycles. The van der Waals surface area contributed by atoms with Crippen molar-refractivity contribution < 1.29 is 9.90 Å². The average Bonchev–Trinajstić information content (AvgIpc) is 3.25. The molecule has 0 aromatic carbocycles. The second-order valence-corrected chi connectivity index (χ2v) is 7.16. The molecule has 1 atom stereocenters. The van der Waals surface area contributed by atoms with E-state index in [1.54, 1.807) is 0 Å². The van der Waals surface area contributed by atoms with Crippen LogP contribution in [-0.4, -0.2) is 46.1 Å². The van der Waals surface area contributed by atoms with Crippen molar-refractivity contribution in [3.8, 4) is 0 Å². The summed E-state index contributed by atoms with van der Waals surface area (Å²) in [5, 5.41) is 9.66. The number of hydrogen-bond acceptors (Lipinski definition) is 3. The van der Waals surface area contributed by atoms with Crippen molar-refractivity contribution in [2.24, 2.45) is 5.92 Å². The standard InChI is InChI=1S/C18H28N2O2/c1-12-10-17(13(2)20(12)16-4-5-16)18(22)11-19-8-6-15(7-9-19)14(3)21/h10,14-16,21H,4-9,11H2,1-3H3. The number of carbonyl (C=O) groups is 1. The molecule has 122 valence electrons. The maximum Gasteiger partial charge on any atom is 0.178 e. The molecule has 1 unspecified atom stereocenters. The molecule has 2 fully saturated rings. The zero-order valence-electron chi connectivity index (χ0n) is 14.0. The zero-order valence-corrected chi connectivity index (χ0v) is 14.0. The minimum absolute atomic E-state index is 0.227. The van der Waals surface area contributed by atoms with Gasteiger partial charge in [0.15, 0.2) is 5.78 Å². The molecule has 4 nitrogen and oxygen atoms in total. The highest BCUT2D eigenvalue weighted by Gasteiger charge is 2.29. The summed E-state index contributed by atoms with van der Waals surface area (Å²) < 4.78 is 2.34. The number of aromatic nitrogens is 1. The van der Waals surface area contributed by atoms with Gasteiger partial charge in [-0.25, -0.2) is 0 Å². The van der Waals surface area contributed by atoms with Gasteiger partial charge < -0.3 is 9.67 Å². The van der Waals surface area contributed by atoms with Crippen molar-refractivity contribution in [2.45, 2.75) is 58.6 Å². The van der Waals surface area contributed by atoms with Gasteiger partial charge in [-0.15, -0.1) is 0 Å². The van der Waals surface area contributed by atoms with Crippen molar-refractivity contribution in [3.63, 3.8) is 0 Å². The monoisotopic (exact) mass is 304 g/mol. The van der Waals surface area contributed by atoms with Crippen LogP contribution >= 0.6 is 0 Å². The third-order valence-corrected chi connectivity index (χ3v) is 5.38. The summed E-state index contributed by atoms with van der Waals surface area (Å²) in [5.74, 6) is 0.641. The molecule has 1 aliphatic carbocycles. The average molecular weight is 304 g/mol. The van der Waals surface area contributed by atoms with Gasteiger partial charge in [0.25, 0.3) is 0 Å². The van der Waals surface area contributed by atoms with E-state index in [0.29, 0.717) is 18.5 Å². The molecule has 2 heterocycles. The molecule has 1 saturated heterocycles. The number of hydrogen-bond donors (Lipinski definition) is 1. The van der Waals surface area contributed by atoms with Crippen LogP contribution in [0.4, 0.5) is 0 Å². The van der Waals surface area contributed by atoms with Crippen LogP contribution in [0.5, 0.6) is 0 Å². The fourth-order valence-electron chi connectivity index (χ4n) is 3.84. The van der Waals surface area contributed by atoms with Crippen molar-refractivity contribution in [3.05, 3.63) is 23.0 Å². The highest BCUT2D eigenvalue weighted by molar-refractivity contribution is 5.99. The number of carbonyl (C=O) groups excluding carboxylic acids is 1. The van der Waals surface area contributed by atoms with Gasteiger partial charge in [0.2, 0.25) is 0 Å². The summed E-state index contributed by atoms with van der Waals surface area (Å²) in [5.41, 5.74) is 3.27. The highest BCUT2D eigenvalue weighted by atomic mass is 16.3. The Labute approximate surface area is 133 Å². The van der Waals surface area contributed by atoms with Crippen molar-refractivity contribution in [1.29, 1.82) is 0 Å². The molecule has 1 N–H and O–H groups in total. The molecule has 0 spiro atoms. The summed E-state index contributed by atoms with van der Waals surface area (Å²) in [6, 6.07) is 2.70. The number of aliphatic hydroxyl groups is 1. The third-order valence-electron chi connectivity index (χ3n) is 5.38. The molecule has 2 aliphatic rings. The number of aliphatic hydroxyl groups excluding tert-OH is 1. The number of aryl methyl sites for hydroxylation is 1. The fourth-order valence-corrected chi connectivity index (χ4v) is 3.84. The summed E-state index contributed by atoms with van der Waals surface area (Å²) >= 11 is 0. The van der Waals surface area contributed by atoms with Gasteiger partial charge >= 0.3 is 0 Å². The smallest absolute Gasteiger partial charge is 0.178 e. The van der Waals surface area contributed by atoms with Gasteiger partial charge in [-0.05, 0) is 71.5 Å². The first kappa shape index (κ1) is 15.8. The predicted molar refractivity (Wildman–Crippen MR) is 87.4 cm³/mol. The van der Waals surface area contributed by atoms with E-state index < -0.39 is 0 Å². The summed E-state index contributed by atoms with van der Waals surface area (Å²) in [6.45, 7) is 8.42. The van der Waals surface area contributed by atoms with E-state index in [2.05, 4.69) is 29.4 Å². The van der Waals surface area contributed by atoms with E-state index in [1.807, 2.05) is 6.92 Å². The molecule has 3 rings (SSSR count). The lowest BCUT2D eigenvalue weighted by Gasteiger charge is -2.32. The third kappa shape index (κ3) is 3.13. The minimum Gasteiger partial charge on any atom is -0.393 e. The minimum atomic E-state index is -0.227. The Morgan fingerprint density at radius 3 is 2.45 bits per heavy atom. The first-order valence-corrected chi connectivity index (χ1v) is 8.59. The van der Waals surface area contributed by atoms with E-state index in [9.17, 15) is 9.90 Å². The van der Waals surface area contributed by atoms with Crippen LogP contribution in [-0.2, 0) is 0 Å². The lowest BCUT2D eigenvalue weighted by atomic mass is 9.92. The SMILES string of the molecule is Cc1cc(C(=O)CN2CCC(C(C)O)CC2)c(C)n1C1CC1. The Kier molecular flexibility index (Phi) is 4.42. The topological polar surface area (TPSA) is 45.5 Å². The van der Waals surface area contributed by atoms with Gasteiger partial charge in [-0.3, -0.25) is 9.69 Å². The lowest BCUT2D eigenvalue weighted by molar-refractivity contribution is 0.0664. The number of piperidine rings is 1. The van der Waals surface area contributed by atoms with E-state index in [4.69, 9.17) is 0 Å². The maximum absolute atomic E-state index is 12.7. The van der Waals surface area contributed by atoms with Crippen LogP contribution < -0.4 is 0 Å². The van der Waals surface area contributed by atoms with Gasteiger partial charge in [0, 0.05) is 23.0 Å². The summed E-state index contributed by atoms with van der Waals surface area (Å²) in [7, 11) is 0. The fraction of sp³-hybridized carbons (Fsp3) is 0.722. The lowest BCUT2D eigenvalue weighted by Crippen LogP contribution is -2.39. The number of rotatable bonds is 5. The van der Waals surface area contributed by atoms with Crippen molar-refractivity contribution >= 4 is 5.78 Å². The number of likely N-dealkylation sites (tertiary alicyclic amines) is 1. The van der Waals surface area contributed by atoms with E-state index >= 15 is 0 Å². The van der Waals surface area contributed by atoms with Crippen LogP contribution in [0.25, 0.3) is 0 Å². The van der Waals surface area contributed by atoms with Gasteiger partial charge in [-0.1, -0.05) is 0 Å². The van der Waals surface area contributed by atoms with Crippen molar-refractivity contribution in [1.82, 2.24) is 9.47 Å². The van der Waals surface area contributed by atoms with Crippen LogP contribution in [0.2, 0.25) is 0 Å². The Morgan fingerprint density at radius 1 is 1.27 bits per heavy atom. The Balaban J connectivity index is 1.62. The second-order valence-electron chi connectivity index (χ2n) is 7.16. The van der Waals surface area contributed by atoms with E-state index in [1.165, 1.54) is 18.5 Å². The Bertz CT molecular complexity index is 550. The molecule has 22 heavy (non-hydrogen) atoms. The van der Waals surface area contributed by atoms with Gasteiger partial charge in [-0.2, -0.15) is 0 Å². The van der Waals surface area contributed by atoms with Gasteiger partial charge in [0.1, 0.15) is 0 Å². The Morgan fingerprint density at radius 2 is 1.91 bits per heavy atom. The second kappa shape index (κ2) is 6.17. The van der Waals surface area contributed by atoms with Crippen LogP contribution in [0.3, 0.4) is 0 Å². The van der Waals surface area contributed by atoms with Crippen molar-refractivity contribution in [2.75, 3.05) is 19.6 Å².